The Kier molecular flexibility index (Phi) is 6.43. The third-order valence-electron chi connectivity index (χ3n) is 7.97. The predicted octanol–water partition coefficient (Wildman–Crippen LogP) is 4.87. The summed E-state index contributed by atoms with van der Waals surface area (Å²) in [4.78, 5) is 37.4. The van der Waals surface area contributed by atoms with Crippen LogP contribution in [0.2, 0.25) is 5.04 Å². The van der Waals surface area contributed by atoms with Crippen molar-refractivity contribution in [2.45, 2.75) is 51.0 Å². The van der Waals surface area contributed by atoms with Gasteiger partial charge in [0.25, 0.3) is 8.32 Å². The second kappa shape index (κ2) is 9.51. The average Bonchev–Trinajstić information content (AvgIpc) is 3.38. The summed E-state index contributed by atoms with van der Waals surface area (Å²) < 4.78 is 0. The number of aromatic amines is 1. The van der Waals surface area contributed by atoms with Gasteiger partial charge in [-0.15, -0.1) is 0 Å². The molecule has 2 heterocycles. The zero-order chi connectivity index (χ0) is 24.5. The van der Waals surface area contributed by atoms with Crippen LogP contribution in [0, 0.1) is 11.8 Å². The second-order valence-electron chi connectivity index (χ2n) is 10.6. The Morgan fingerprint density at radius 3 is 2.14 bits per heavy atom. The lowest BCUT2D eigenvalue weighted by molar-refractivity contribution is 0.0863. The fourth-order valence-electron chi connectivity index (χ4n) is 6.07. The number of hydrogen-bond donors (Lipinski definition) is 2. The number of aromatic nitrogens is 3. The molecule has 5 nitrogen and oxygen atoms in total. The van der Waals surface area contributed by atoms with Gasteiger partial charge in [0.1, 0.15) is 17.7 Å². The standard InChI is InChI=1S/C29H33N3O2Si/c1-29(2,35(34,23-9-5-3-6-10-23)24-11-7-4-8-12-24)19-21-13-15-22(16-14-21)27(33)26-25-17-18-30-28(25)32-20-31-26/h3-12,17-18,20-22,34H,13-16,19H2,1-2H3,(H,30,31,32). The molecule has 35 heavy (non-hydrogen) atoms. The minimum atomic E-state index is -3.01. The molecule has 180 valence electrons. The number of carbonyl (C=O) groups is 1. The van der Waals surface area contributed by atoms with Gasteiger partial charge in [-0.2, -0.15) is 0 Å². The first kappa shape index (κ1) is 23.6. The molecule has 1 saturated carbocycles. The van der Waals surface area contributed by atoms with E-state index in [1.54, 1.807) is 6.20 Å². The van der Waals surface area contributed by atoms with Crippen molar-refractivity contribution in [3.8, 4) is 0 Å². The highest BCUT2D eigenvalue weighted by molar-refractivity contribution is 6.98. The minimum Gasteiger partial charge on any atom is -0.424 e. The Balaban J connectivity index is 1.33. The van der Waals surface area contributed by atoms with Crippen LogP contribution < -0.4 is 10.4 Å². The molecule has 0 bridgehead atoms. The highest BCUT2D eigenvalue weighted by atomic mass is 28.4. The number of carbonyl (C=O) groups excluding carboxylic acids is 1. The van der Waals surface area contributed by atoms with Crippen LogP contribution in [0.25, 0.3) is 11.0 Å². The van der Waals surface area contributed by atoms with Gasteiger partial charge in [0.05, 0.1) is 0 Å². The van der Waals surface area contributed by atoms with Crippen molar-refractivity contribution in [3.63, 3.8) is 0 Å². The van der Waals surface area contributed by atoms with Crippen LogP contribution in [0.5, 0.6) is 0 Å². The minimum absolute atomic E-state index is 0.00161. The zero-order valence-electron chi connectivity index (χ0n) is 20.4. The molecule has 0 unspecified atom stereocenters. The Morgan fingerprint density at radius 1 is 0.943 bits per heavy atom. The Bertz CT molecular complexity index is 1260. The molecule has 2 aromatic carbocycles. The Labute approximate surface area is 207 Å². The lowest BCUT2D eigenvalue weighted by Gasteiger charge is -2.44. The second-order valence-corrected chi connectivity index (χ2v) is 14.5. The fourth-order valence-corrected chi connectivity index (χ4v) is 9.90. The molecule has 6 heteroatoms. The van der Waals surface area contributed by atoms with Gasteiger partial charge < -0.3 is 9.78 Å². The first-order valence-corrected chi connectivity index (χ1v) is 14.5. The highest BCUT2D eigenvalue weighted by Crippen LogP contribution is 2.45. The summed E-state index contributed by atoms with van der Waals surface area (Å²) in [6.45, 7) is 4.47. The normalized spacial score (nSPS) is 19.1. The molecular weight excluding hydrogens is 450 g/mol. The lowest BCUT2D eigenvalue weighted by Crippen LogP contribution is -2.65. The molecule has 1 aliphatic carbocycles. The van der Waals surface area contributed by atoms with Crippen molar-refractivity contribution in [3.05, 3.63) is 84.9 Å². The Hall–Kier alpha value is -3.09. The van der Waals surface area contributed by atoms with Gasteiger partial charge in [0, 0.05) is 17.5 Å². The smallest absolute Gasteiger partial charge is 0.258 e. The zero-order valence-corrected chi connectivity index (χ0v) is 21.4. The van der Waals surface area contributed by atoms with Gasteiger partial charge in [-0.1, -0.05) is 74.5 Å². The third-order valence-corrected chi connectivity index (χ3v) is 12.5. The fraction of sp³-hybridized carbons (Fsp3) is 0.345. The van der Waals surface area contributed by atoms with E-state index in [-0.39, 0.29) is 16.7 Å². The van der Waals surface area contributed by atoms with Crippen molar-refractivity contribution in [1.82, 2.24) is 15.0 Å². The molecule has 0 amide bonds. The van der Waals surface area contributed by atoms with Crippen molar-refractivity contribution in [1.29, 1.82) is 0 Å². The van der Waals surface area contributed by atoms with Gasteiger partial charge in [-0.3, -0.25) is 4.79 Å². The first-order valence-electron chi connectivity index (χ1n) is 12.6. The van der Waals surface area contributed by atoms with E-state index in [4.69, 9.17) is 0 Å². The number of benzene rings is 2. The van der Waals surface area contributed by atoms with E-state index in [1.807, 2.05) is 42.5 Å². The van der Waals surface area contributed by atoms with Crippen LogP contribution in [0.1, 0.15) is 56.4 Å². The molecule has 4 aromatic rings. The molecule has 0 radical (unpaired) electrons. The number of hydrogen-bond acceptors (Lipinski definition) is 4. The number of ketones is 1. The molecule has 0 saturated heterocycles. The SMILES string of the molecule is CC(C)(CC1CCC(C(=O)c2ncnc3[nH]ccc23)CC1)[Si](O)(c1ccccc1)c1ccccc1. The number of nitrogens with zero attached hydrogens (tertiary/aromatic N) is 2. The number of fused-ring (bicyclic) bond motifs is 1. The third kappa shape index (κ3) is 4.37. The molecule has 0 aliphatic heterocycles. The summed E-state index contributed by atoms with van der Waals surface area (Å²) in [5, 5.41) is 2.66. The number of H-pyrrole nitrogens is 1. The quantitative estimate of drug-likeness (QED) is 0.290. The van der Waals surface area contributed by atoms with Crippen molar-refractivity contribution in [2.24, 2.45) is 11.8 Å². The molecular formula is C29H33N3O2Si. The van der Waals surface area contributed by atoms with Crippen LogP contribution in [0.15, 0.2) is 79.3 Å². The van der Waals surface area contributed by atoms with Crippen LogP contribution in [-0.2, 0) is 0 Å². The maximum Gasteiger partial charge on any atom is 0.258 e. The Morgan fingerprint density at radius 2 is 1.54 bits per heavy atom. The summed E-state index contributed by atoms with van der Waals surface area (Å²) in [7, 11) is -3.01. The largest absolute Gasteiger partial charge is 0.424 e. The lowest BCUT2D eigenvalue weighted by atomic mass is 9.76. The summed E-state index contributed by atoms with van der Waals surface area (Å²) in [5.74, 6) is 0.620. The van der Waals surface area contributed by atoms with Gasteiger partial charge in [0.15, 0.2) is 5.78 Å². The van der Waals surface area contributed by atoms with E-state index in [0.717, 1.165) is 47.9 Å². The molecule has 2 aromatic heterocycles. The van der Waals surface area contributed by atoms with Gasteiger partial charge in [0.2, 0.25) is 0 Å². The summed E-state index contributed by atoms with van der Waals surface area (Å²) in [6.07, 6.45) is 7.94. The van der Waals surface area contributed by atoms with Crippen LogP contribution >= 0.6 is 0 Å². The van der Waals surface area contributed by atoms with Crippen LogP contribution in [0.4, 0.5) is 0 Å². The van der Waals surface area contributed by atoms with E-state index in [2.05, 4.69) is 53.1 Å². The van der Waals surface area contributed by atoms with Crippen molar-refractivity contribution < 1.29 is 9.59 Å². The molecule has 5 rings (SSSR count). The molecule has 0 spiro atoms. The maximum atomic E-state index is 13.3. The van der Waals surface area contributed by atoms with E-state index in [1.165, 1.54) is 6.33 Å². The average molecular weight is 484 g/mol. The van der Waals surface area contributed by atoms with Crippen LogP contribution in [0.3, 0.4) is 0 Å². The predicted molar refractivity (Wildman–Crippen MR) is 142 cm³/mol. The summed E-state index contributed by atoms with van der Waals surface area (Å²) in [6, 6.07) is 22.3. The maximum absolute atomic E-state index is 13.3. The van der Waals surface area contributed by atoms with E-state index in [9.17, 15) is 9.59 Å². The molecule has 1 fully saturated rings. The number of rotatable bonds is 7. The van der Waals surface area contributed by atoms with E-state index in [0.29, 0.717) is 17.3 Å². The summed E-state index contributed by atoms with van der Waals surface area (Å²) in [5.41, 5.74) is 1.25. The van der Waals surface area contributed by atoms with Gasteiger partial charge in [-0.05, 0) is 59.5 Å². The van der Waals surface area contributed by atoms with Crippen molar-refractivity contribution in [2.75, 3.05) is 0 Å². The molecule has 1 aliphatic rings. The number of Topliss-reactive ketones (excluding diaryl/α,β-unsaturated/α-hetero) is 1. The highest BCUT2D eigenvalue weighted by Gasteiger charge is 2.50. The topological polar surface area (TPSA) is 78.9 Å². The summed E-state index contributed by atoms with van der Waals surface area (Å²) >= 11 is 0. The van der Waals surface area contributed by atoms with Gasteiger partial charge in [-0.25, -0.2) is 9.97 Å². The molecule has 2 N–H and O–H groups in total. The van der Waals surface area contributed by atoms with E-state index < -0.39 is 8.32 Å². The van der Waals surface area contributed by atoms with Crippen molar-refractivity contribution >= 4 is 35.5 Å². The molecule has 0 atom stereocenters. The number of nitrogens with one attached hydrogen (secondary N) is 1. The van der Waals surface area contributed by atoms with Crippen LogP contribution in [-0.4, -0.2) is 33.8 Å². The first-order chi connectivity index (χ1) is 16.9. The monoisotopic (exact) mass is 483 g/mol. The van der Waals surface area contributed by atoms with E-state index >= 15 is 0 Å². The van der Waals surface area contributed by atoms with Gasteiger partial charge >= 0.3 is 0 Å².